The molecular weight excluding hydrogens is 300 g/mol. The topological polar surface area (TPSA) is 51.0 Å². The number of aromatic nitrogens is 3. The van der Waals surface area contributed by atoms with E-state index in [0.717, 1.165) is 30.5 Å². The van der Waals surface area contributed by atoms with E-state index in [-0.39, 0.29) is 5.91 Å². The van der Waals surface area contributed by atoms with Gasteiger partial charge >= 0.3 is 0 Å². The van der Waals surface area contributed by atoms with E-state index in [1.165, 1.54) is 5.56 Å². The lowest BCUT2D eigenvalue weighted by Gasteiger charge is -2.15. The van der Waals surface area contributed by atoms with Gasteiger partial charge in [-0.25, -0.2) is 9.67 Å². The molecule has 0 bridgehead atoms. The quantitative estimate of drug-likeness (QED) is 0.745. The smallest absolute Gasteiger partial charge is 0.255 e. The predicted octanol–water partition coefficient (Wildman–Crippen LogP) is 2.96. The molecule has 0 spiro atoms. The second kappa shape index (κ2) is 6.07. The Morgan fingerprint density at radius 3 is 2.83 bits per heavy atom. The third-order valence-electron chi connectivity index (χ3n) is 4.61. The predicted molar refractivity (Wildman–Crippen MR) is 92.8 cm³/mol. The highest BCUT2D eigenvalue weighted by Crippen LogP contribution is 2.20. The van der Waals surface area contributed by atoms with E-state index < -0.39 is 0 Å². The van der Waals surface area contributed by atoms with Crippen LogP contribution in [0.1, 0.15) is 29.3 Å². The van der Waals surface area contributed by atoms with Crippen LogP contribution in [0.4, 0.5) is 0 Å². The van der Waals surface area contributed by atoms with Gasteiger partial charge in [0.15, 0.2) is 5.65 Å². The second-order valence-corrected chi connectivity index (χ2v) is 6.57. The molecule has 1 unspecified atom stereocenters. The fraction of sp³-hybridized carbons (Fsp3) is 0.316. The van der Waals surface area contributed by atoms with Gasteiger partial charge in [-0.15, -0.1) is 0 Å². The van der Waals surface area contributed by atoms with Crippen molar-refractivity contribution in [2.75, 3.05) is 13.1 Å². The van der Waals surface area contributed by atoms with E-state index in [1.807, 2.05) is 33.8 Å². The molecule has 2 aromatic heterocycles. The molecule has 0 radical (unpaired) electrons. The van der Waals surface area contributed by atoms with Crippen LogP contribution in [-0.4, -0.2) is 38.7 Å². The van der Waals surface area contributed by atoms with Crippen molar-refractivity contribution in [2.24, 2.45) is 5.92 Å². The zero-order valence-corrected chi connectivity index (χ0v) is 13.7. The summed E-state index contributed by atoms with van der Waals surface area (Å²) in [6.07, 6.45) is 4.54. The van der Waals surface area contributed by atoms with Crippen molar-refractivity contribution in [3.63, 3.8) is 0 Å². The summed E-state index contributed by atoms with van der Waals surface area (Å²) in [4.78, 5) is 19.0. The van der Waals surface area contributed by atoms with Gasteiger partial charge in [0, 0.05) is 24.7 Å². The molecule has 1 fully saturated rings. The van der Waals surface area contributed by atoms with Crippen LogP contribution >= 0.6 is 0 Å². The van der Waals surface area contributed by atoms with Gasteiger partial charge in [0.1, 0.15) is 0 Å². The first-order valence-electron chi connectivity index (χ1n) is 8.35. The molecule has 3 aromatic rings. The van der Waals surface area contributed by atoms with Crippen molar-refractivity contribution >= 4 is 16.9 Å². The number of benzene rings is 1. The van der Waals surface area contributed by atoms with E-state index in [9.17, 15) is 4.79 Å². The highest BCUT2D eigenvalue weighted by atomic mass is 16.2. The number of amides is 1. The molecule has 1 amide bonds. The number of nitrogens with zero attached hydrogens (tertiary/aromatic N) is 4. The molecule has 5 heteroatoms. The standard InChI is InChI=1S/C19H20N4O/c1-14-7-8-22(12-14)19(24)17-9-16-11-21-23(18(16)20-10-17)13-15-5-3-2-4-6-15/h2-6,9-11,14H,7-8,12-13H2,1H3. The number of hydrogen-bond acceptors (Lipinski definition) is 3. The minimum Gasteiger partial charge on any atom is -0.338 e. The summed E-state index contributed by atoms with van der Waals surface area (Å²) >= 11 is 0. The monoisotopic (exact) mass is 320 g/mol. The van der Waals surface area contributed by atoms with Gasteiger partial charge < -0.3 is 4.90 Å². The largest absolute Gasteiger partial charge is 0.338 e. The minimum atomic E-state index is 0.0737. The van der Waals surface area contributed by atoms with Crippen molar-refractivity contribution in [3.05, 3.63) is 59.9 Å². The Morgan fingerprint density at radius 2 is 2.08 bits per heavy atom. The molecule has 5 nitrogen and oxygen atoms in total. The second-order valence-electron chi connectivity index (χ2n) is 6.57. The zero-order chi connectivity index (χ0) is 16.5. The maximum absolute atomic E-state index is 12.6. The average Bonchev–Trinajstić information content (AvgIpc) is 3.21. The van der Waals surface area contributed by atoms with Crippen LogP contribution in [0, 0.1) is 5.92 Å². The van der Waals surface area contributed by atoms with Crippen LogP contribution in [0.3, 0.4) is 0 Å². The molecule has 4 rings (SSSR count). The third-order valence-corrected chi connectivity index (χ3v) is 4.61. The summed E-state index contributed by atoms with van der Waals surface area (Å²) < 4.78 is 1.87. The van der Waals surface area contributed by atoms with E-state index in [4.69, 9.17) is 0 Å². The summed E-state index contributed by atoms with van der Waals surface area (Å²) in [5, 5.41) is 5.34. The third kappa shape index (κ3) is 2.77. The molecule has 1 atom stereocenters. The Hall–Kier alpha value is -2.69. The van der Waals surface area contributed by atoms with Crippen LogP contribution in [0.15, 0.2) is 48.8 Å². The van der Waals surface area contributed by atoms with Crippen molar-refractivity contribution < 1.29 is 4.79 Å². The van der Waals surface area contributed by atoms with Crippen LogP contribution in [-0.2, 0) is 6.54 Å². The average molecular weight is 320 g/mol. The molecule has 0 N–H and O–H groups in total. The maximum Gasteiger partial charge on any atom is 0.255 e. The molecule has 0 saturated carbocycles. The maximum atomic E-state index is 12.6. The number of fused-ring (bicyclic) bond motifs is 1. The van der Waals surface area contributed by atoms with E-state index >= 15 is 0 Å². The number of rotatable bonds is 3. The van der Waals surface area contributed by atoms with Crippen LogP contribution in [0.25, 0.3) is 11.0 Å². The van der Waals surface area contributed by atoms with E-state index in [2.05, 4.69) is 29.1 Å². The van der Waals surface area contributed by atoms with Crippen LogP contribution in [0.5, 0.6) is 0 Å². The molecule has 1 aliphatic heterocycles. The minimum absolute atomic E-state index is 0.0737. The lowest BCUT2D eigenvalue weighted by Crippen LogP contribution is -2.28. The Labute approximate surface area is 140 Å². The van der Waals surface area contributed by atoms with Crippen molar-refractivity contribution in [2.45, 2.75) is 19.9 Å². The van der Waals surface area contributed by atoms with Gasteiger partial charge in [0.2, 0.25) is 0 Å². The molecule has 122 valence electrons. The lowest BCUT2D eigenvalue weighted by atomic mass is 10.2. The number of hydrogen-bond donors (Lipinski definition) is 0. The Kier molecular flexibility index (Phi) is 3.76. The van der Waals surface area contributed by atoms with Crippen molar-refractivity contribution in [3.8, 4) is 0 Å². The van der Waals surface area contributed by atoms with Gasteiger partial charge in [-0.2, -0.15) is 5.10 Å². The molecule has 0 aliphatic carbocycles. The summed E-state index contributed by atoms with van der Waals surface area (Å²) in [6, 6.07) is 12.1. The Balaban J connectivity index is 1.60. The summed E-state index contributed by atoms with van der Waals surface area (Å²) in [7, 11) is 0. The first kappa shape index (κ1) is 14.9. The number of likely N-dealkylation sites (tertiary alicyclic amines) is 1. The normalized spacial score (nSPS) is 17.5. The van der Waals surface area contributed by atoms with Gasteiger partial charge in [-0.05, 0) is 24.0 Å². The fourth-order valence-corrected chi connectivity index (χ4v) is 3.26. The van der Waals surface area contributed by atoms with Gasteiger partial charge in [-0.1, -0.05) is 37.3 Å². The summed E-state index contributed by atoms with van der Waals surface area (Å²) in [6.45, 7) is 4.53. The molecular formula is C19H20N4O. The summed E-state index contributed by atoms with van der Waals surface area (Å²) in [5.74, 6) is 0.656. The Morgan fingerprint density at radius 1 is 1.25 bits per heavy atom. The van der Waals surface area contributed by atoms with Gasteiger partial charge in [0.05, 0.1) is 18.3 Å². The van der Waals surface area contributed by atoms with E-state index in [0.29, 0.717) is 18.0 Å². The van der Waals surface area contributed by atoms with Crippen molar-refractivity contribution in [1.29, 1.82) is 0 Å². The number of carbonyl (C=O) groups excluding carboxylic acids is 1. The fourth-order valence-electron chi connectivity index (χ4n) is 3.26. The van der Waals surface area contributed by atoms with Crippen LogP contribution < -0.4 is 0 Å². The zero-order valence-electron chi connectivity index (χ0n) is 13.7. The first-order chi connectivity index (χ1) is 11.7. The van der Waals surface area contributed by atoms with Crippen molar-refractivity contribution in [1.82, 2.24) is 19.7 Å². The molecule has 1 saturated heterocycles. The summed E-state index contributed by atoms with van der Waals surface area (Å²) in [5.41, 5.74) is 2.64. The van der Waals surface area contributed by atoms with Gasteiger partial charge in [0.25, 0.3) is 5.91 Å². The molecule has 1 aliphatic rings. The molecule has 1 aromatic carbocycles. The number of carbonyl (C=O) groups is 1. The highest BCUT2D eigenvalue weighted by Gasteiger charge is 2.24. The van der Waals surface area contributed by atoms with Gasteiger partial charge in [-0.3, -0.25) is 4.79 Å². The molecule has 24 heavy (non-hydrogen) atoms. The number of pyridine rings is 1. The Bertz CT molecular complexity index is 871. The van der Waals surface area contributed by atoms with Crippen LogP contribution in [0.2, 0.25) is 0 Å². The molecule has 3 heterocycles. The lowest BCUT2D eigenvalue weighted by molar-refractivity contribution is 0.0788. The van der Waals surface area contributed by atoms with E-state index in [1.54, 1.807) is 12.4 Å². The first-order valence-corrected chi connectivity index (χ1v) is 8.35. The highest BCUT2D eigenvalue weighted by molar-refractivity contribution is 5.97. The SMILES string of the molecule is CC1CCN(C(=O)c2cnc3c(cnn3Cc3ccccc3)c2)C1.